The molecule has 1 saturated heterocycles. The fourth-order valence-corrected chi connectivity index (χ4v) is 4.20. The Hall–Kier alpha value is -3.23. The Labute approximate surface area is 205 Å². The second-order valence-corrected chi connectivity index (χ2v) is 8.38. The monoisotopic (exact) mass is 483 g/mol. The summed E-state index contributed by atoms with van der Waals surface area (Å²) >= 11 is 0. The molecular formula is C27H33NO7. The lowest BCUT2D eigenvalue weighted by Crippen LogP contribution is -2.36. The van der Waals surface area contributed by atoms with Crippen LogP contribution in [0.25, 0.3) is 22.3 Å². The summed E-state index contributed by atoms with van der Waals surface area (Å²) in [5.41, 5.74) is 0.871. The summed E-state index contributed by atoms with van der Waals surface area (Å²) in [5.74, 6) is 2.28. The highest BCUT2D eigenvalue weighted by atomic mass is 16.5. The SMILES string of the molecule is COc1ccc2c(=O)c(OCCCCCN3CCOCC3)c(-c3ccc(OC)c(OC)c3)oc2c1. The topological polar surface area (TPSA) is 79.6 Å². The number of hydrogen-bond acceptors (Lipinski definition) is 8. The Morgan fingerprint density at radius 3 is 2.43 bits per heavy atom. The largest absolute Gasteiger partial charge is 0.497 e. The van der Waals surface area contributed by atoms with E-state index in [0.717, 1.165) is 52.1 Å². The zero-order valence-corrected chi connectivity index (χ0v) is 20.6. The van der Waals surface area contributed by atoms with Crippen molar-refractivity contribution >= 4 is 11.0 Å². The van der Waals surface area contributed by atoms with Crippen molar-refractivity contribution < 1.29 is 28.1 Å². The van der Waals surface area contributed by atoms with Crippen LogP contribution in [0.3, 0.4) is 0 Å². The number of ether oxygens (including phenoxy) is 5. The third kappa shape index (κ3) is 5.89. The van der Waals surface area contributed by atoms with Gasteiger partial charge < -0.3 is 28.1 Å². The molecule has 4 rings (SSSR count). The number of rotatable bonds is 11. The predicted molar refractivity (Wildman–Crippen MR) is 134 cm³/mol. The number of benzene rings is 2. The first-order valence-electron chi connectivity index (χ1n) is 11.9. The smallest absolute Gasteiger partial charge is 0.235 e. The lowest BCUT2D eigenvalue weighted by molar-refractivity contribution is 0.0370. The van der Waals surface area contributed by atoms with Crippen LogP contribution < -0.4 is 24.4 Å². The summed E-state index contributed by atoms with van der Waals surface area (Å²) in [5, 5.41) is 0.442. The molecule has 188 valence electrons. The molecule has 0 N–H and O–H groups in total. The van der Waals surface area contributed by atoms with Crippen molar-refractivity contribution in [1.29, 1.82) is 0 Å². The Morgan fingerprint density at radius 1 is 0.886 bits per heavy atom. The highest BCUT2D eigenvalue weighted by molar-refractivity contribution is 5.83. The van der Waals surface area contributed by atoms with Gasteiger partial charge in [-0.2, -0.15) is 0 Å². The van der Waals surface area contributed by atoms with Gasteiger partial charge in [0.05, 0.1) is 46.5 Å². The molecule has 1 aliphatic heterocycles. The number of morpholine rings is 1. The fraction of sp³-hybridized carbons (Fsp3) is 0.444. The Kier molecular flexibility index (Phi) is 8.50. The summed E-state index contributed by atoms with van der Waals surface area (Å²) < 4.78 is 33.8. The van der Waals surface area contributed by atoms with Gasteiger partial charge in [0.2, 0.25) is 11.2 Å². The van der Waals surface area contributed by atoms with Crippen LogP contribution in [0, 0.1) is 0 Å². The van der Waals surface area contributed by atoms with Crippen LogP contribution in [0.5, 0.6) is 23.0 Å². The quantitative estimate of drug-likeness (QED) is 0.372. The number of hydrogen-bond donors (Lipinski definition) is 0. The van der Waals surface area contributed by atoms with Crippen molar-refractivity contribution in [2.75, 3.05) is 60.8 Å². The molecule has 0 unspecified atom stereocenters. The van der Waals surface area contributed by atoms with Crippen molar-refractivity contribution in [3.63, 3.8) is 0 Å². The molecule has 0 saturated carbocycles. The van der Waals surface area contributed by atoms with E-state index < -0.39 is 0 Å². The normalized spacial score (nSPS) is 14.1. The average molecular weight is 484 g/mol. The van der Waals surface area contributed by atoms with Crippen molar-refractivity contribution in [1.82, 2.24) is 4.90 Å². The predicted octanol–water partition coefficient (Wildman–Crippen LogP) is 4.37. The first-order chi connectivity index (χ1) is 17.1. The molecule has 0 aliphatic carbocycles. The Balaban J connectivity index is 1.56. The first kappa shape index (κ1) is 24.9. The van der Waals surface area contributed by atoms with Gasteiger partial charge in [-0.1, -0.05) is 0 Å². The van der Waals surface area contributed by atoms with Gasteiger partial charge in [0.1, 0.15) is 11.3 Å². The van der Waals surface area contributed by atoms with Crippen LogP contribution in [-0.4, -0.2) is 65.7 Å². The number of unbranched alkanes of at least 4 members (excludes halogenated alkanes) is 2. The van der Waals surface area contributed by atoms with E-state index in [1.165, 1.54) is 0 Å². The fourth-order valence-electron chi connectivity index (χ4n) is 4.20. The lowest BCUT2D eigenvalue weighted by atomic mass is 10.1. The van der Waals surface area contributed by atoms with Crippen LogP contribution >= 0.6 is 0 Å². The molecule has 1 aromatic heterocycles. The van der Waals surface area contributed by atoms with Crippen LogP contribution in [-0.2, 0) is 4.74 Å². The number of methoxy groups -OCH3 is 3. The highest BCUT2D eigenvalue weighted by Gasteiger charge is 2.20. The zero-order chi connectivity index (χ0) is 24.6. The lowest BCUT2D eigenvalue weighted by Gasteiger charge is -2.26. The first-order valence-corrected chi connectivity index (χ1v) is 11.9. The Morgan fingerprint density at radius 2 is 1.69 bits per heavy atom. The molecule has 0 radical (unpaired) electrons. The molecule has 0 bridgehead atoms. The van der Waals surface area contributed by atoms with Crippen LogP contribution in [0.2, 0.25) is 0 Å². The Bertz CT molecular complexity index is 1180. The summed E-state index contributed by atoms with van der Waals surface area (Å²) in [6.45, 7) is 5.09. The minimum atomic E-state index is -0.216. The van der Waals surface area contributed by atoms with Crippen molar-refractivity contribution in [2.24, 2.45) is 0 Å². The minimum absolute atomic E-state index is 0.197. The molecule has 8 heteroatoms. The van der Waals surface area contributed by atoms with Gasteiger partial charge in [0.15, 0.2) is 17.3 Å². The van der Waals surface area contributed by atoms with Crippen molar-refractivity contribution in [3.8, 4) is 34.3 Å². The average Bonchev–Trinajstić information content (AvgIpc) is 2.91. The van der Waals surface area contributed by atoms with E-state index >= 15 is 0 Å². The van der Waals surface area contributed by atoms with E-state index in [9.17, 15) is 4.79 Å². The van der Waals surface area contributed by atoms with Crippen LogP contribution in [0.15, 0.2) is 45.6 Å². The van der Waals surface area contributed by atoms with E-state index in [1.54, 1.807) is 51.7 Å². The maximum absolute atomic E-state index is 13.4. The molecule has 0 amide bonds. The van der Waals surface area contributed by atoms with Gasteiger partial charge in [-0.15, -0.1) is 0 Å². The van der Waals surface area contributed by atoms with E-state index in [2.05, 4.69) is 4.90 Å². The van der Waals surface area contributed by atoms with Gasteiger partial charge >= 0.3 is 0 Å². The molecule has 3 aromatic rings. The van der Waals surface area contributed by atoms with Gasteiger partial charge in [0.25, 0.3) is 0 Å². The maximum atomic E-state index is 13.4. The third-order valence-electron chi connectivity index (χ3n) is 6.17. The summed E-state index contributed by atoms with van der Waals surface area (Å²) in [4.78, 5) is 15.8. The molecule has 1 fully saturated rings. The molecule has 1 aliphatic rings. The molecule has 2 aromatic carbocycles. The van der Waals surface area contributed by atoms with Gasteiger partial charge in [0, 0.05) is 24.7 Å². The second-order valence-electron chi connectivity index (χ2n) is 8.38. The standard InChI is InChI=1S/C27H33NO7/c1-30-20-8-9-21-23(18-20)35-26(19-7-10-22(31-2)24(17-19)32-3)27(25(21)29)34-14-6-4-5-11-28-12-15-33-16-13-28/h7-10,17-18H,4-6,11-16H2,1-3H3. The molecule has 0 atom stereocenters. The third-order valence-corrected chi connectivity index (χ3v) is 6.17. The van der Waals surface area contributed by atoms with Crippen LogP contribution in [0.4, 0.5) is 0 Å². The summed E-state index contributed by atoms with van der Waals surface area (Å²) in [7, 11) is 4.72. The van der Waals surface area contributed by atoms with Gasteiger partial charge in [-0.25, -0.2) is 0 Å². The van der Waals surface area contributed by atoms with Crippen molar-refractivity contribution in [2.45, 2.75) is 19.3 Å². The van der Waals surface area contributed by atoms with E-state index in [1.807, 2.05) is 6.07 Å². The highest BCUT2D eigenvalue weighted by Crippen LogP contribution is 2.37. The van der Waals surface area contributed by atoms with E-state index in [0.29, 0.717) is 46.1 Å². The second kappa shape index (κ2) is 12.0. The van der Waals surface area contributed by atoms with E-state index in [4.69, 9.17) is 28.1 Å². The summed E-state index contributed by atoms with van der Waals surface area (Å²) in [6, 6.07) is 10.5. The minimum Gasteiger partial charge on any atom is -0.497 e. The number of nitrogens with zero attached hydrogens (tertiary/aromatic N) is 1. The van der Waals surface area contributed by atoms with Gasteiger partial charge in [-0.3, -0.25) is 9.69 Å². The molecular weight excluding hydrogens is 450 g/mol. The van der Waals surface area contributed by atoms with Crippen molar-refractivity contribution in [3.05, 3.63) is 46.6 Å². The van der Waals surface area contributed by atoms with Crippen LogP contribution in [0.1, 0.15) is 19.3 Å². The molecule has 35 heavy (non-hydrogen) atoms. The summed E-state index contributed by atoms with van der Waals surface area (Å²) in [6.07, 6.45) is 2.94. The molecule has 2 heterocycles. The zero-order valence-electron chi connectivity index (χ0n) is 20.6. The van der Waals surface area contributed by atoms with E-state index in [-0.39, 0.29) is 11.2 Å². The van der Waals surface area contributed by atoms with Gasteiger partial charge in [-0.05, 0) is 56.1 Å². The maximum Gasteiger partial charge on any atom is 0.235 e. The molecule has 8 nitrogen and oxygen atoms in total. The number of fused-ring (bicyclic) bond motifs is 1. The molecule has 0 spiro atoms.